The minimum atomic E-state index is -3.67. The molecule has 2 saturated heterocycles. The maximum absolute atomic E-state index is 13.6. The van der Waals surface area contributed by atoms with Gasteiger partial charge >= 0.3 is 0 Å². The van der Waals surface area contributed by atoms with E-state index < -0.39 is 10.0 Å². The van der Waals surface area contributed by atoms with Crippen molar-refractivity contribution in [3.05, 3.63) is 71.0 Å². The van der Waals surface area contributed by atoms with Crippen LogP contribution in [0.15, 0.2) is 58.5 Å². The Morgan fingerprint density at radius 2 is 1.63 bits per heavy atom. The molecule has 0 saturated carbocycles. The number of amides is 1. The Labute approximate surface area is 255 Å². The Morgan fingerprint density at radius 1 is 0.953 bits per heavy atom. The van der Waals surface area contributed by atoms with Crippen LogP contribution in [0, 0.1) is 13.8 Å². The summed E-state index contributed by atoms with van der Waals surface area (Å²) in [6.07, 6.45) is 3.85. The van der Waals surface area contributed by atoms with Gasteiger partial charge in [0.15, 0.2) is 0 Å². The summed E-state index contributed by atoms with van der Waals surface area (Å²) in [4.78, 5) is 17.6. The summed E-state index contributed by atoms with van der Waals surface area (Å²) in [5.74, 6) is -0.284. The van der Waals surface area contributed by atoms with Crippen LogP contribution in [-0.2, 0) is 14.8 Å². The highest BCUT2D eigenvalue weighted by molar-refractivity contribution is 7.89. The lowest BCUT2D eigenvalue weighted by atomic mass is 10.2. The number of carbonyl (C=O) groups is 1. The monoisotopic (exact) mass is 606 g/mol. The molecule has 0 atom stereocenters. The fraction of sp³-hybridized carbons (Fsp3) is 0.438. The highest BCUT2D eigenvalue weighted by Crippen LogP contribution is 2.34. The molecule has 0 unspecified atom stereocenters. The third kappa shape index (κ3) is 6.48. The zero-order valence-electron chi connectivity index (χ0n) is 25.5. The van der Waals surface area contributed by atoms with Crippen molar-refractivity contribution in [2.45, 2.75) is 45.4 Å². The molecule has 3 heterocycles. The summed E-state index contributed by atoms with van der Waals surface area (Å²) in [6, 6.07) is 15.0. The molecule has 0 radical (unpaired) electrons. The summed E-state index contributed by atoms with van der Waals surface area (Å²) in [5.41, 5.74) is 8.77. The van der Waals surface area contributed by atoms with Gasteiger partial charge in [-0.05, 0) is 89.1 Å². The number of morpholine rings is 1. The lowest BCUT2D eigenvalue weighted by Gasteiger charge is -2.28. The highest BCUT2D eigenvalue weighted by atomic mass is 32.2. The van der Waals surface area contributed by atoms with Crippen LogP contribution in [0.2, 0.25) is 0 Å². The Bertz CT molecular complexity index is 1570. The molecule has 2 aliphatic heterocycles. The van der Waals surface area contributed by atoms with Crippen molar-refractivity contribution in [1.82, 2.24) is 14.3 Å². The van der Waals surface area contributed by atoms with Crippen molar-refractivity contribution in [2.24, 2.45) is 5.10 Å². The number of ether oxygens (including phenoxy) is 1. The van der Waals surface area contributed by atoms with Crippen molar-refractivity contribution in [2.75, 3.05) is 62.3 Å². The number of hydrogen-bond donors (Lipinski definition) is 1. The van der Waals surface area contributed by atoms with E-state index in [0.717, 1.165) is 73.0 Å². The molecule has 10 nitrogen and oxygen atoms in total. The largest absolute Gasteiger partial charge is 0.379 e. The molecule has 0 aliphatic carbocycles. The standard InChI is InChI=1S/C32H42N6O4S/c1-5-35(6-2)28-11-9-26(10-12-28)32(39)34-33-23-27-21-24(3)38(25(27)4)31-22-29(13-14-30(31)36-15-7-8-16-36)43(40,41)37-17-19-42-20-18-37/h9-14,21-23H,5-8,15-20H2,1-4H3,(H,34,39)/b33-23+. The van der Waals surface area contributed by atoms with Gasteiger partial charge in [-0.3, -0.25) is 4.79 Å². The number of rotatable bonds is 10. The zero-order valence-corrected chi connectivity index (χ0v) is 26.4. The number of aryl methyl sites for hydroxylation is 1. The van der Waals surface area contributed by atoms with E-state index >= 15 is 0 Å². The van der Waals surface area contributed by atoms with Gasteiger partial charge in [0.1, 0.15) is 0 Å². The topological polar surface area (TPSA) is 99.5 Å². The summed E-state index contributed by atoms with van der Waals surface area (Å²) >= 11 is 0. The minimum absolute atomic E-state index is 0.273. The Morgan fingerprint density at radius 3 is 2.28 bits per heavy atom. The van der Waals surface area contributed by atoms with Gasteiger partial charge in [-0.15, -0.1) is 0 Å². The molecule has 230 valence electrons. The number of hydrogen-bond acceptors (Lipinski definition) is 7. The van der Waals surface area contributed by atoms with Crippen molar-refractivity contribution < 1.29 is 17.9 Å². The van der Waals surface area contributed by atoms with Crippen LogP contribution in [0.25, 0.3) is 5.69 Å². The van der Waals surface area contributed by atoms with E-state index in [9.17, 15) is 13.2 Å². The van der Waals surface area contributed by atoms with E-state index in [4.69, 9.17) is 4.74 Å². The summed E-state index contributed by atoms with van der Waals surface area (Å²) in [5, 5.41) is 4.26. The van der Waals surface area contributed by atoms with Gasteiger partial charge in [0.25, 0.3) is 5.91 Å². The van der Waals surface area contributed by atoms with E-state index in [1.54, 1.807) is 18.3 Å². The Hall–Kier alpha value is -3.67. The van der Waals surface area contributed by atoms with Crippen LogP contribution < -0.4 is 15.2 Å². The maximum atomic E-state index is 13.6. The van der Waals surface area contributed by atoms with E-state index in [1.807, 2.05) is 50.2 Å². The molecular formula is C32H42N6O4S. The minimum Gasteiger partial charge on any atom is -0.379 e. The number of anilines is 2. The van der Waals surface area contributed by atoms with Gasteiger partial charge in [0.05, 0.1) is 35.7 Å². The quantitative estimate of drug-likeness (QED) is 0.273. The van der Waals surface area contributed by atoms with Crippen molar-refractivity contribution in [3.63, 3.8) is 0 Å². The number of carbonyl (C=O) groups excluding carboxylic acids is 1. The third-order valence-corrected chi connectivity index (χ3v) is 10.2. The smallest absolute Gasteiger partial charge is 0.271 e. The lowest BCUT2D eigenvalue weighted by molar-refractivity contribution is 0.0730. The first kappa shape index (κ1) is 30.8. The van der Waals surface area contributed by atoms with E-state index in [-0.39, 0.29) is 10.8 Å². The number of nitrogens with zero attached hydrogens (tertiary/aromatic N) is 5. The summed E-state index contributed by atoms with van der Waals surface area (Å²) in [6.45, 7) is 13.3. The van der Waals surface area contributed by atoms with Crippen molar-refractivity contribution in [3.8, 4) is 5.69 Å². The number of sulfonamides is 1. The molecule has 2 aliphatic rings. The van der Waals surface area contributed by atoms with Gasteiger partial charge in [-0.1, -0.05) is 0 Å². The number of hydrazone groups is 1. The predicted molar refractivity (Wildman–Crippen MR) is 171 cm³/mol. The SMILES string of the molecule is CCN(CC)c1ccc(C(=O)N/N=C/c2cc(C)n(-c3cc(S(=O)(=O)N4CCOCC4)ccc3N3CCCC3)c2C)cc1. The summed E-state index contributed by atoms with van der Waals surface area (Å²) < 4.78 is 36.1. The first-order valence-electron chi connectivity index (χ1n) is 15.1. The number of aromatic nitrogens is 1. The fourth-order valence-electron chi connectivity index (χ4n) is 5.93. The van der Waals surface area contributed by atoms with E-state index in [1.165, 1.54) is 4.31 Å². The molecule has 0 bridgehead atoms. The third-order valence-electron chi connectivity index (χ3n) is 8.34. The Balaban J connectivity index is 1.41. The molecule has 2 aromatic carbocycles. The van der Waals surface area contributed by atoms with Crippen LogP contribution in [0.5, 0.6) is 0 Å². The molecule has 1 N–H and O–H groups in total. The molecule has 1 aromatic heterocycles. The Kier molecular flexibility index (Phi) is 9.53. The molecular weight excluding hydrogens is 564 g/mol. The van der Waals surface area contributed by atoms with Crippen LogP contribution in [0.3, 0.4) is 0 Å². The fourth-order valence-corrected chi connectivity index (χ4v) is 7.36. The number of nitrogens with one attached hydrogen (secondary N) is 1. The second-order valence-electron chi connectivity index (χ2n) is 10.9. The van der Waals surface area contributed by atoms with Crippen LogP contribution >= 0.6 is 0 Å². The zero-order chi connectivity index (χ0) is 30.6. The first-order valence-corrected chi connectivity index (χ1v) is 16.5. The molecule has 3 aromatic rings. The van der Waals surface area contributed by atoms with Gasteiger partial charge in [-0.25, -0.2) is 13.8 Å². The van der Waals surface area contributed by atoms with E-state index in [0.29, 0.717) is 31.9 Å². The number of benzene rings is 2. The van der Waals surface area contributed by atoms with Crippen LogP contribution in [0.4, 0.5) is 11.4 Å². The average molecular weight is 607 g/mol. The molecule has 2 fully saturated rings. The van der Waals surface area contributed by atoms with Crippen LogP contribution in [0.1, 0.15) is 54.0 Å². The predicted octanol–water partition coefficient (Wildman–Crippen LogP) is 4.33. The maximum Gasteiger partial charge on any atom is 0.271 e. The van der Waals surface area contributed by atoms with E-state index in [2.05, 4.69) is 38.7 Å². The van der Waals surface area contributed by atoms with Gasteiger partial charge < -0.3 is 19.1 Å². The average Bonchev–Trinajstić information content (AvgIpc) is 3.66. The first-order chi connectivity index (χ1) is 20.7. The summed E-state index contributed by atoms with van der Waals surface area (Å²) in [7, 11) is -3.67. The normalized spacial score (nSPS) is 16.2. The molecule has 0 spiro atoms. The van der Waals surface area contributed by atoms with Crippen molar-refractivity contribution in [1.29, 1.82) is 0 Å². The second kappa shape index (κ2) is 13.3. The van der Waals surface area contributed by atoms with Crippen molar-refractivity contribution >= 4 is 33.5 Å². The molecule has 11 heteroatoms. The van der Waals surface area contributed by atoms with Gasteiger partial charge in [-0.2, -0.15) is 9.41 Å². The highest BCUT2D eigenvalue weighted by Gasteiger charge is 2.29. The van der Waals surface area contributed by atoms with Gasteiger partial charge in [0.2, 0.25) is 10.0 Å². The second-order valence-corrected chi connectivity index (χ2v) is 12.9. The molecule has 43 heavy (non-hydrogen) atoms. The molecule has 5 rings (SSSR count). The molecule has 1 amide bonds. The lowest BCUT2D eigenvalue weighted by Crippen LogP contribution is -2.40. The van der Waals surface area contributed by atoms with Gasteiger partial charge in [0, 0.05) is 67.5 Å². The van der Waals surface area contributed by atoms with Crippen LogP contribution in [-0.4, -0.2) is 81.9 Å².